The van der Waals surface area contributed by atoms with Gasteiger partial charge in [-0.1, -0.05) is 13.0 Å². The number of amides is 1. The Bertz CT molecular complexity index is 408. The van der Waals surface area contributed by atoms with Crippen LogP contribution in [0.1, 0.15) is 23.8 Å². The van der Waals surface area contributed by atoms with Gasteiger partial charge in [0.15, 0.2) is 0 Å². The highest BCUT2D eigenvalue weighted by molar-refractivity contribution is 5.92. The molecule has 92 valence electrons. The van der Waals surface area contributed by atoms with Gasteiger partial charge in [-0.25, -0.2) is 4.98 Å². The number of hydrogen-bond donors (Lipinski definition) is 1. The number of morpholine rings is 1. The molecule has 1 aromatic heterocycles. The first kappa shape index (κ1) is 11.9. The number of carbonyl (C=O) groups is 1. The van der Waals surface area contributed by atoms with Gasteiger partial charge >= 0.3 is 0 Å². The molecule has 0 aliphatic carbocycles. The maximum Gasteiger partial charge on any atom is 0.272 e. The van der Waals surface area contributed by atoms with Crippen molar-refractivity contribution in [1.29, 1.82) is 0 Å². The third-order valence-corrected chi connectivity index (χ3v) is 2.95. The van der Waals surface area contributed by atoms with Crippen LogP contribution in [-0.2, 0) is 4.74 Å². The van der Waals surface area contributed by atoms with Crippen molar-refractivity contribution >= 4 is 11.7 Å². The van der Waals surface area contributed by atoms with E-state index in [0.29, 0.717) is 31.3 Å². The van der Waals surface area contributed by atoms with Crippen molar-refractivity contribution in [2.45, 2.75) is 19.4 Å². The fraction of sp³-hybridized carbons (Fsp3) is 0.500. The van der Waals surface area contributed by atoms with E-state index in [0.717, 1.165) is 6.42 Å². The molecule has 5 heteroatoms. The van der Waals surface area contributed by atoms with E-state index in [1.807, 2.05) is 11.8 Å². The second-order valence-electron chi connectivity index (χ2n) is 4.08. The lowest BCUT2D eigenvalue weighted by Crippen LogP contribution is -2.48. The summed E-state index contributed by atoms with van der Waals surface area (Å²) in [5.74, 6) is 0.310. The van der Waals surface area contributed by atoms with Crippen LogP contribution in [0, 0.1) is 0 Å². The second kappa shape index (κ2) is 5.14. The van der Waals surface area contributed by atoms with E-state index in [1.54, 1.807) is 18.2 Å². The molecule has 0 aromatic carbocycles. The van der Waals surface area contributed by atoms with Crippen LogP contribution in [0.25, 0.3) is 0 Å². The average molecular weight is 235 g/mol. The molecule has 1 unspecified atom stereocenters. The van der Waals surface area contributed by atoms with Crippen LogP contribution in [0.5, 0.6) is 0 Å². The van der Waals surface area contributed by atoms with Crippen molar-refractivity contribution in [1.82, 2.24) is 9.88 Å². The van der Waals surface area contributed by atoms with Crippen LogP contribution >= 0.6 is 0 Å². The smallest absolute Gasteiger partial charge is 0.272 e. The number of aromatic nitrogens is 1. The molecule has 1 aliphatic heterocycles. The van der Waals surface area contributed by atoms with Crippen LogP contribution in [0.4, 0.5) is 5.82 Å². The summed E-state index contributed by atoms with van der Waals surface area (Å²) in [5.41, 5.74) is 5.99. The monoisotopic (exact) mass is 235 g/mol. The number of rotatable bonds is 2. The Labute approximate surface area is 101 Å². The molecular formula is C12H17N3O2. The SMILES string of the molecule is CCC1COCCN1C(=O)c1cccc(N)n1. The van der Waals surface area contributed by atoms with Crippen molar-refractivity contribution in [3.8, 4) is 0 Å². The molecule has 1 fully saturated rings. The molecule has 1 aliphatic rings. The molecule has 2 heterocycles. The minimum atomic E-state index is -0.0625. The van der Waals surface area contributed by atoms with Crippen LogP contribution in [-0.4, -0.2) is 41.6 Å². The topological polar surface area (TPSA) is 68.5 Å². The number of pyridine rings is 1. The fourth-order valence-electron chi connectivity index (χ4n) is 1.98. The van der Waals surface area contributed by atoms with Crippen LogP contribution in [0.2, 0.25) is 0 Å². The molecule has 0 saturated carbocycles. The van der Waals surface area contributed by atoms with Crippen molar-refractivity contribution in [3.63, 3.8) is 0 Å². The van der Waals surface area contributed by atoms with Crippen molar-refractivity contribution in [3.05, 3.63) is 23.9 Å². The first-order valence-corrected chi connectivity index (χ1v) is 5.83. The number of nitrogens with zero attached hydrogens (tertiary/aromatic N) is 2. The number of ether oxygens (including phenoxy) is 1. The second-order valence-corrected chi connectivity index (χ2v) is 4.08. The lowest BCUT2D eigenvalue weighted by molar-refractivity contribution is -0.00309. The van der Waals surface area contributed by atoms with Gasteiger partial charge in [-0.2, -0.15) is 0 Å². The summed E-state index contributed by atoms with van der Waals surface area (Å²) in [6, 6.07) is 5.25. The summed E-state index contributed by atoms with van der Waals surface area (Å²) >= 11 is 0. The quantitative estimate of drug-likeness (QED) is 0.827. The molecule has 1 atom stereocenters. The molecule has 2 rings (SSSR count). The summed E-state index contributed by atoms with van der Waals surface area (Å²) < 4.78 is 5.37. The van der Waals surface area contributed by atoms with Crippen molar-refractivity contribution < 1.29 is 9.53 Å². The minimum Gasteiger partial charge on any atom is -0.384 e. The Kier molecular flexibility index (Phi) is 3.58. The maximum atomic E-state index is 12.3. The number of nitrogen functional groups attached to an aromatic ring is 1. The van der Waals surface area contributed by atoms with Gasteiger partial charge < -0.3 is 15.4 Å². The summed E-state index contributed by atoms with van der Waals surface area (Å²) in [7, 11) is 0. The molecule has 0 bridgehead atoms. The normalized spacial score (nSPS) is 20.3. The molecule has 0 spiro atoms. The molecular weight excluding hydrogens is 218 g/mol. The first-order valence-electron chi connectivity index (χ1n) is 5.83. The Morgan fingerprint density at radius 2 is 2.47 bits per heavy atom. The predicted octanol–water partition coefficient (Wildman–Crippen LogP) is 0.915. The van der Waals surface area contributed by atoms with E-state index < -0.39 is 0 Å². The third-order valence-electron chi connectivity index (χ3n) is 2.95. The van der Waals surface area contributed by atoms with Crippen LogP contribution < -0.4 is 5.73 Å². The first-order chi connectivity index (χ1) is 8.22. The zero-order valence-electron chi connectivity index (χ0n) is 9.93. The molecule has 2 N–H and O–H groups in total. The minimum absolute atomic E-state index is 0.0625. The van der Waals surface area contributed by atoms with Gasteiger partial charge in [-0.15, -0.1) is 0 Å². The highest BCUT2D eigenvalue weighted by atomic mass is 16.5. The highest BCUT2D eigenvalue weighted by Gasteiger charge is 2.27. The van der Waals surface area contributed by atoms with Gasteiger partial charge in [0, 0.05) is 6.54 Å². The van der Waals surface area contributed by atoms with Crippen LogP contribution in [0.15, 0.2) is 18.2 Å². The molecule has 1 saturated heterocycles. The summed E-state index contributed by atoms with van der Waals surface area (Å²) in [4.78, 5) is 18.2. The van der Waals surface area contributed by atoms with Crippen LogP contribution in [0.3, 0.4) is 0 Å². The Morgan fingerprint density at radius 1 is 1.65 bits per heavy atom. The van der Waals surface area contributed by atoms with Gasteiger partial charge in [-0.3, -0.25) is 4.79 Å². The Balaban J connectivity index is 2.18. The van der Waals surface area contributed by atoms with Crippen molar-refractivity contribution in [2.75, 3.05) is 25.5 Å². The standard InChI is InChI=1S/C12H17N3O2/c1-2-9-8-17-7-6-15(9)12(16)10-4-3-5-11(13)14-10/h3-5,9H,2,6-8H2,1H3,(H2,13,14). The number of nitrogens with two attached hydrogens (primary N) is 1. The van der Waals surface area contributed by atoms with Gasteiger partial charge in [0.2, 0.25) is 0 Å². The third kappa shape index (κ3) is 2.55. The predicted molar refractivity (Wildman–Crippen MR) is 64.6 cm³/mol. The van der Waals surface area contributed by atoms with Gasteiger partial charge in [0.1, 0.15) is 11.5 Å². The van der Waals surface area contributed by atoms with Crippen molar-refractivity contribution in [2.24, 2.45) is 0 Å². The lowest BCUT2D eigenvalue weighted by atomic mass is 10.1. The lowest BCUT2D eigenvalue weighted by Gasteiger charge is -2.34. The average Bonchev–Trinajstić information content (AvgIpc) is 2.38. The zero-order valence-corrected chi connectivity index (χ0v) is 9.93. The maximum absolute atomic E-state index is 12.3. The molecule has 0 radical (unpaired) electrons. The Morgan fingerprint density at radius 3 is 3.18 bits per heavy atom. The zero-order chi connectivity index (χ0) is 12.3. The summed E-state index contributed by atoms with van der Waals surface area (Å²) in [5, 5.41) is 0. The van der Waals surface area contributed by atoms with E-state index in [4.69, 9.17) is 10.5 Å². The van der Waals surface area contributed by atoms with E-state index in [2.05, 4.69) is 4.98 Å². The number of carbonyl (C=O) groups excluding carboxylic acids is 1. The Hall–Kier alpha value is -1.62. The molecule has 1 amide bonds. The summed E-state index contributed by atoms with van der Waals surface area (Å²) in [6.07, 6.45) is 0.883. The number of hydrogen-bond acceptors (Lipinski definition) is 4. The number of anilines is 1. The van der Waals surface area contributed by atoms with Gasteiger partial charge in [0.25, 0.3) is 5.91 Å². The van der Waals surface area contributed by atoms with E-state index >= 15 is 0 Å². The van der Waals surface area contributed by atoms with Gasteiger partial charge in [-0.05, 0) is 18.6 Å². The highest BCUT2D eigenvalue weighted by Crippen LogP contribution is 2.14. The largest absolute Gasteiger partial charge is 0.384 e. The van der Waals surface area contributed by atoms with E-state index in [1.165, 1.54) is 0 Å². The fourth-order valence-corrected chi connectivity index (χ4v) is 1.98. The van der Waals surface area contributed by atoms with Gasteiger partial charge in [0.05, 0.1) is 19.3 Å². The van der Waals surface area contributed by atoms with E-state index in [9.17, 15) is 4.79 Å². The molecule has 5 nitrogen and oxygen atoms in total. The summed E-state index contributed by atoms with van der Waals surface area (Å²) in [6.45, 7) is 3.86. The molecule has 1 aromatic rings. The molecule has 17 heavy (non-hydrogen) atoms. The van der Waals surface area contributed by atoms with E-state index in [-0.39, 0.29) is 11.9 Å².